The van der Waals surface area contributed by atoms with Gasteiger partial charge in [0.05, 0.1) is 0 Å². The van der Waals surface area contributed by atoms with E-state index in [0.29, 0.717) is 24.5 Å². The van der Waals surface area contributed by atoms with E-state index in [1.54, 1.807) is 0 Å². The van der Waals surface area contributed by atoms with E-state index in [-0.39, 0.29) is 0 Å². The summed E-state index contributed by atoms with van der Waals surface area (Å²) in [5, 5.41) is 0. The van der Waals surface area contributed by atoms with Crippen LogP contribution in [0.25, 0.3) is 5.57 Å². The second kappa shape index (κ2) is 3.79. The van der Waals surface area contributed by atoms with Crippen molar-refractivity contribution in [2.24, 2.45) is 5.92 Å². The van der Waals surface area contributed by atoms with Crippen LogP contribution in [-0.2, 0) is 4.79 Å². The maximum absolute atomic E-state index is 11.2. The predicted octanol–water partition coefficient (Wildman–Crippen LogP) is 3.07. The molecule has 0 saturated heterocycles. The third kappa shape index (κ3) is 1.77. The summed E-state index contributed by atoms with van der Waals surface area (Å²) in [4.78, 5) is 11.2. The van der Waals surface area contributed by atoms with Gasteiger partial charge in [0.15, 0.2) is 0 Å². The Bertz CT molecular complexity index is 362. The van der Waals surface area contributed by atoms with E-state index in [4.69, 9.17) is 0 Å². The molecule has 1 nitrogen and oxygen atoms in total. The molecule has 2 rings (SSSR count). The molecule has 1 aliphatic rings. The molecule has 0 aliphatic heterocycles. The van der Waals surface area contributed by atoms with E-state index in [1.807, 2.05) is 18.2 Å². The van der Waals surface area contributed by atoms with Crippen LogP contribution < -0.4 is 0 Å². The van der Waals surface area contributed by atoms with Gasteiger partial charge in [-0.05, 0) is 17.1 Å². The van der Waals surface area contributed by atoms with E-state index in [9.17, 15) is 4.79 Å². The molecule has 1 aromatic carbocycles. The van der Waals surface area contributed by atoms with Crippen molar-refractivity contribution < 1.29 is 4.79 Å². The molecule has 0 spiro atoms. The molecule has 0 radical (unpaired) electrons. The van der Waals surface area contributed by atoms with Gasteiger partial charge in [0.1, 0.15) is 5.78 Å². The highest BCUT2D eigenvalue weighted by Crippen LogP contribution is 2.30. The van der Waals surface area contributed by atoms with Crippen LogP contribution in [-0.4, -0.2) is 5.78 Å². The van der Waals surface area contributed by atoms with Crippen LogP contribution in [0.5, 0.6) is 0 Å². The summed E-state index contributed by atoms with van der Waals surface area (Å²) >= 11 is 0. The third-order valence-electron chi connectivity index (χ3n) is 2.72. The zero-order valence-corrected chi connectivity index (χ0v) is 8.36. The van der Waals surface area contributed by atoms with Crippen LogP contribution in [0.4, 0.5) is 0 Å². The molecule has 0 heterocycles. The van der Waals surface area contributed by atoms with Crippen LogP contribution >= 0.6 is 0 Å². The zero-order valence-electron chi connectivity index (χ0n) is 8.36. The minimum Gasteiger partial charge on any atom is -0.299 e. The molecule has 0 fully saturated rings. The van der Waals surface area contributed by atoms with Crippen LogP contribution in [0.3, 0.4) is 0 Å². The number of carbonyl (C=O) groups is 1. The van der Waals surface area contributed by atoms with E-state index in [1.165, 1.54) is 11.1 Å². The Kier molecular flexibility index (Phi) is 2.49. The van der Waals surface area contributed by atoms with Gasteiger partial charge in [-0.3, -0.25) is 4.79 Å². The fourth-order valence-electron chi connectivity index (χ4n) is 1.99. The van der Waals surface area contributed by atoms with Crippen molar-refractivity contribution >= 4 is 11.4 Å². The lowest BCUT2D eigenvalue weighted by atomic mass is 9.84. The summed E-state index contributed by atoms with van der Waals surface area (Å²) in [6.07, 6.45) is 3.38. The Labute approximate surface area is 84.5 Å². The first-order valence-electron chi connectivity index (χ1n) is 5.04. The number of Topliss-reactive ketones (excluding diaryl/α,β-unsaturated/α-hetero) is 1. The monoisotopic (exact) mass is 186 g/mol. The zero-order chi connectivity index (χ0) is 9.97. The molecule has 1 heteroatoms. The fourth-order valence-corrected chi connectivity index (χ4v) is 1.99. The Morgan fingerprint density at radius 2 is 1.93 bits per heavy atom. The maximum Gasteiger partial charge on any atom is 0.137 e. The molecular weight excluding hydrogens is 172 g/mol. The Balaban J connectivity index is 2.31. The van der Waals surface area contributed by atoms with Gasteiger partial charge in [0.2, 0.25) is 0 Å². The SMILES string of the molecule is CC1CC(=O)CC=C1c1ccccc1. The molecule has 1 aromatic rings. The number of hydrogen-bond acceptors (Lipinski definition) is 1. The summed E-state index contributed by atoms with van der Waals surface area (Å²) in [5.41, 5.74) is 2.58. The van der Waals surface area contributed by atoms with Crippen molar-refractivity contribution in [1.82, 2.24) is 0 Å². The van der Waals surface area contributed by atoms with Crippen molar-refractivity contribution in [1.29, 1.82) is 0 Å². The van der Waals surface area contributed by atoms with E-state index in [2.05, 4.69) is 25.1 Å². The molecule has 0 amide bonds. The number of allylic oxidation sites excluding steroid dienone is 2. The van der Waals surface area contributed by atoms with Crippen molar-refractivity contribution in [3.63, 3.8) is 0 Å². The van der Waals surface area contributed by atoms with Gasteiger partial charge in [-0.2, -0.15) is 0 Å². The molecule has 0 saturated carbocycles. The van der Waals surface area contributed by atoms with Gasteiger partial charge in [-0.1, -0.05) is 43.3 Å². The fraction of sp³-hybridized carbons (Fsp3) is 0.308. The minimum atomic E-state index is 0.359. The number of hydrogen-bond donors (Lipinski definition) is 0. The molecule has 1 aliphatic carbocycles. The van der Waals surface area contributed by atoms with Gasteiger partial charge >= 0.3 is 0 Å². The van der Waals surface area contributed by atoms with Gasteiger partial charge in [0, 0.05) is 12.8 Å². The van der Waals surface area contributed by atoms with Gasteiger partial charge in [-0.15, -0.1) is 0 Å². The molecule has 0 N–H and O–H groups in total. The van der Waals surface area contributed by atoms with Gasteiger partial charge in [0.25, 0.3) is 0 Å². The second-order valence-electron chi connectivity index (χ2n) is 3.87. The number of carbonyl (C=O) groups excluding carboxylic acids is 1. The standard InChI is InChI=1S/C13H14O/c1-10-9-12(14)7-8-13(10)11-5-3-2-4-6-11/h2-6,8,10H,7,9H2,1H3. The van der Waals surface area contributed by atoms with Crippen LogP contribution in [0, 0.1) is 5.92 Å². The van der Waals surface area contributed by atoms with E-state index in [0.717, 1.165) is 0 Å². The summed E-state index contributed by atoms with van der Waals surface area (Å²) in [7, 11) is 0. The van der Waals surface area contributed by atoms with Crippen LogP contribution in [0.2, 0.25) is 0 Å². The average Bonchev–Trinajstić information content (AvgIpc) is 2.19. The summed E-state index contributed by atoms with van der Waals surface area (Å²) in [6.45, 7) is 2.12. The van der Waals surface area contributed by atoms with Crippen molar-refractivity contribution in [2.75, 3.05) is 0 Å². The first kappa shape index (κ1) is 9.20. The quantitative estimate of drug-likeness (QED) is 0.658. The molecule has 0 bridgehead atoms. The lowest BCUT2D eigenvalue weighted by Gasteiger charge is -2.19. The van der Waals surface area contributed by atoms with Gasteiger partial charge in [-0.25, -0.2) is 0 Å². The number of benzene rings is 1. The van der Waals surface area contributed by atoms with E-state index >= 15 is 0 Å². The normalized spacial score (nSPS) is 21.9. The lowest BCUT2D eigenvalue weighted by Crippen LogP contribution is -2.12. The molecule has 1 unspecified atom stereocenters. The second-order valence-corrected chi connectivity index (χ2v) is 3.87. The summed E-state index contributed by atoms with van der Waals surface area (Å²) in [6, 6.07) is 10.3. The highest BCUT2D eigenvalue weighted by molar-refractivity contribution is 5.87. The van der Waals surface area contributed by atoms with Crippen LogP contribution in [0.1, 0.15) is 25.3 Å². The number of rotatable bonds is 1. The minimum absolute atomic E-state index is 0.359. The lowest BCUT2D eigenvalue weighted by molar-refractivity contribution is -0.118. The highest BCUT2D eigenvalue weighted by Gasteiger charge is 2.18. The number of ketones is 1. The van der Waals surface area contributed by atoms with Crippen molar-refractivity contribution in [3.8, 4) is 0 Å². The Hall–Kier alpha value is -1.37. The Morgan fingerprint density at radius 3 is 2.57 bits per heavy atom. The van der Waals surface area contributed by atoms with Crippen LogP contribution in [0.15, 0.2) is 36.4 Å². The molecule has 72 valence electrons. The summed E-state index contributed by atoms with van der Waals surface area (Å²) in [5.74, 6) is 0.732. The molecule has 0 aromatic heterocycles. The smallest absolute Gasteiger partial charge is 0.137 e. The van der Waals surface area contributed by atoms with E-state index < -0.39 is 0 Å². The third-order valence-corrected chi connectivity index (χ3v) is 2.72. The average molecular weight is 186 g/mol. The van der Waals surface area contributed by atoms with Gasteiger partial charge < -0.3 is 0 Å². The molecule has 14 heavy (non-hydrogen) atoms. The topological polar surface area (TPSA) is 17.1 Å². The highest BCUT2D eigenvalue weighted by atomic mass is 16.1. The largest absolute Gasteiger partial charge is 0.299 e. The first-order chi connectivity index (χ1) is 6.77. The summed E-state index contributed by atoms with van der Waals surface area (Å²) < 4.78 is 0. The van der Waals surface area contributed by atoms with Crippen molar-refractivity contribution in [3.05, 3.63) is 42.0 Å². The maximum atomic E-state index is 11.2. The molecular formula is C13H14O. The first-order valence-corrected chi connectivity index (χ1v) is 5.04. The molecule has 1 atom stereocenters. The predicted molar refractivity (Wildman–Crippen MR) is 57.8 cm³/mol. The van der Waals surface area contributed by atoms with Crippen molar-refractivity contribution in [2.45, 2.75) is 19.8 Å². The Morgan fingerprint density at radius 1 is 1.21 bits per heavy atom.